The van der Waals surface area contributed by atoms with Crippen molar-refractivity contribution in [3.8, 4) is 0 Å². The van der Waals surface area contributed by atoms with E-state index in [1.165, 1.54) is 0 Å². The van der Waals surface area contributed by atoms with E-state index in [1.54, 1.807) is 4.90 Å². The number of hydrogen-bond acceptors (Lipinski definition) is 2. The monoisotopic (exact) mass is 330 g/mol. The molecule has 1 heterocycles. The van der Waals surface area contributed by atoms with Crippen molar-refractivity contribution in [3.05, 3.63) is 35.1 Å². The molecule has 1 saturated heterocycles. The summed E-state index contributed by atoms with van der Waals surface area (Å²) in [6.45, 7) is 1.99. The quantitative estimate of drug-likeness (QED) is 0.674. The molecule has 0 saturated carbocycles. The molecule has 120 valence electrons. The van der Waals surface area contributed by atoms with Crippen LogP contribution in [0.4, 0.5) is 22.0 Å². The van der Waals surface area contributed by atoms with Crippen molar-refractivity contribution < 1.29 is 22.0 Å². The highest BCUT2D eigenvalue weighted by atomic mass is 35.5. The second-order valence-corrected chi connectivity index (χ2v) is 4.72. The van der Waals surface area contributed by atoms with Gasteiger partial charge in [-0.3, -0.25) is 4.90 Å². The van der Waals surface area contributed by atoms with E-state index in [0.29, 0.717) is 32.2 Å². The molecule has 8 heteroatoms. The zero-order valence-electron chi connectivity index (χ0n) is 11.1. The highest BCUT2D eigenvalue weighted by molar-refractivity contribution is 5.85. The lowest BCUT2D eigenvalue weighted by atomic mass is 10.00. The second-order valence-electron chi connectivity index (χ2n) is 4.72. The first-order valence-electron chi connectivity index (χ1n) is 6.36. The molecule has 1 fully saturated rings. The first kappa shape index (κ1) is 18.1. The number of piperazine rings is 1. The Kier molecular flexibility index (Phi) is 6.83. The van der Waals surface area contributed by atoms with Crippen LogP contribution in [0.25, 0.3) is 0 Å². The third-order valence-corrected chi connectivity index (χ3v) is 3.37. The Labute approximate surface area is 125 Å². The molecule has 0 unspecified atom stereocenters. The van der Waals surface area contributed by atoms with Gasteiger partial charge in [-0.15, -0.1) is 12.4 Å². The van der Waals surface area contributed by atoms with Crippen LogP contribution in [0.15, 0.2) is 12.1 Å². The highest BCUT2D eigenvalue weighted by Gasteiger charge is 2.29. The average Bonchev–Trinajstić information content (AvgIpc) is 2.41. The number of nitrogens with zero attached hydrogens (tertiary/aromatic N) is 1. The van der Waals surface area contributed by atoms with Gasteiger partial charge in [0, 0.05) is 50.3 Å². The molecule has 1 aliphatic heterocycles. The Bertz CT molecular complexity index is 466. The number of nitrogens with one attached hydrogen (secondary N) is 1. The molecule has 21 heavy (non-hydrogen) atoms. The third kappa shape index (κ3) is 4.52. The molecule has 1 N–H and O–H groups in total. The van der Waals surface area contributed by atoms with Crippen molar-refractivity contribution in [2.24, 2.45) is 0 Å². The zero-order chi connectivity index (χ0) is 14.7. The highest BCUT2D eigenvalue weighted by Crippen LogP contribution is 2.31. The van der Waals surface area contributed by atoms with Crippen molar-refractivity contribution in [2.45, 2.75) is 18.9 Å². The van der Waals surface area contributed by atoms with Crippen LogP contribution in [0, 0.1) is 17.5 Å². The minimum Gasteiger partial charge on any atom is -0.314 e. The maximum Gasteiger partial charge on any atom is 0.240 e. The molecular formula is C13H16ClF5N2. The molecule has 0 aliphatic carbocycles. The van der Waals surface area contributed by atoms with E-state index < -0.39 is 36.3 Å². The van der Waals surface area contributed by atoms with Crippen LogP contribution in [0.1, 0.15) is 18.0 Å². The molecule has 0 amide bonds. The summed E-state index contributed by atoms with van der Waals surface area (Å²) in [6.07, 6.45) is -3.33. The zero-order valence-corrected chi connectivity index (χ0v) is 11.9. The summed E-state index contributed by atoms with van der Waals surface area (Å²) in [6, 6.07) is 0.186. The third-order valence-electron chi connectivity index (χ3n) is 3.37. The van der Waals surface area contributed by atoms with E-state index >= 15 is 0 Å². The van der Waals surface area contributed by atoms with Gasteiger partial charge in [0.05, 0.1) is 0 Å². The minimum atomic E-state index is -2.68. The summed E-state index contributed by atoms with van der Waals surface area (Å²) in [5.41, 5.74) is -0.343. The number of rotatable bonds is 4. The molecule has 1 aromatic rings. The van der Waals surface area contributed by atoms with Gasteiger partial charge < -0.3 is 5.32 Å². The van der Waals surface area contributed by atoms with E-state index in [9.17, 15) is 22.0 Å². The van der Waals surface area contributed by atoms with Crippen molar-refractivity contribution in [1.82, 2.24) is 10.2 Å². The van der Waals surface area contributed by atoms with Gasteiger partial charge in [0.15, 0.2) is 11.6 Å². The van der Waals surface area contributed by atoms with Gasteiger partial charge in [-0.1, -0.05) is 0 Å². The van der Waals surface area contributed by atoms with Crippen LogP contribution in [-0.2, 0) is 0 Å². The maximum atomic E-state index is 13.8. The van der Waals surface area contributed by atoms with Crippen molar-refractivity contribution >= 4 is 12.4 Å². The summed E-state index contributed by atoms with van der Waals surface area (Å²) in [7, 11) is 0. The molecule has 0 spiro atoms. The van der Waals surface area contributed by atoms with Crippen LogP contribution in [-0.4, -0.2) is 37.5 Å². The molecule has 1 aliphatic rings. The molecule has 1 aromatic carbocycles. The number of halogens is 6. The van der Waals surface area contributed by atoms with Gasteiger partial charge in [-0.25, -0.2) is 22.0 Å². The summed E-state index contributed by atoms with van der Waals surface area (Å²) < 4.78 is 65.7. The smallest absolute Gasteiger partial charge is 0.240 e. The molecule has 2 rings (SSSR count). The maximum absolute atomic E-state index is 13.8. The molecular weight excluding hydrogens is 315 g/mol. The topological polar surface area (TPSA) is 15.3 Å². The van der Waals surface area contributed by atoms with Crippen LogP contribution in [0.2, 0.25) is 0 Å². The van der Waals surface area contributed by atoms with E-state index in [4.69, 9.17) is 0 Å². The second kappa shape index (κ2) is 7.91. The Balaban J connectivity index is 0.00000220. The molecule has 0 radical (unpaired) electrons. The van der Waals surface area contributed by atoms with E-state index in [0.717, 1.165) is 6.07 Å². The van der Waals surface area contributed by atoms with Gasteiger partial charge in [0.2, 0.25) is 6.43 Å². The Hall–Kier alpha value is -0.920. The Morgan fingerprint density at radius 2 is 1.71 bits per heavy atom. The lowest BCUT2D eigenvalue weighted by Crippen LogP contribution is -2.45. The molecule has 0 bridgehead atoms. The number of hydrogen-bond donors (Lipinski definition) is 1. The van der Waals surface area contributed by atoms with Crippen LogP contribution >= 0.6 is 12.4 Å². The first-order valence-corrected chi connectivity index (χ1v) is 6.36. The fraction of sp³-hybridized carbons (Fsp3) is 0.538. The Morgan fingerprint density at radius 3 is 2.29 bits per heavy atom. The van der Waals surface area contributed by atoms with Crippen molar-refractivity contribution in [3.63, 3.8) is 0 Å². The molecule has 0 aromatic heterocycles. The molecule has 1 atom stereocenters. The fourth-order valence-electron chi connectivity index (χ4n) is 2.45. The summed E-state index contributed by atoms with van der Waals surface area (Å²) in [5.74, 6) is -3.57. The predicted octanol–water partition coefficient (Wildman–Crippen LogP) is 3.13. The summed E-state index contributed by atoms with van der Waals surface area (Å²) in [5, 5.41) is 3.04. The van der Waals surface area contributed by atoms with Gasteiger partial charge >= 0.3 is 0 Å². The van der Waals surface area contributed by atoms with Gasteiger partial charge in [0.1, 0.15) is 5.82 Å². The number of benzene rings is 1. The van der Waals surface area contributed by atoms with Gasteiger partial charge in [0.25, 0.3) is 0 Å². The van der Waals surface area contributed by atoms with E-state index in [2.05, 4.69) is 5.32 Å². The average molecular weight is 331 g/mol. The fourth-order valence-corrected chi connectivity index (χ4v) is 2.45. The first-order chi connectivity index (χ1) is 9.49. The minimum absolute atomic E-state index is 0. The van der Waals surface area contributed by atoms with Crippen LogP contribution in [0.5, 0.6) is 0 Å². The predicted molar refractivity (Wildman–Crippen MR) is 71.4 cm³/mol. The van der Waals surface area contributed by atoms with Gasteiger partial charge in [-0.2, -0.15) is 0 Å². The van der Waals surface area contributed by atoms with Gasteiger partial charge in [-0.05, 0) is 6.07 Å². The SMILES string of the molecule is Cl.Fc1cc(F)c(F)c([C@H](CC(F)F)N2CCNCC2)c1. The lowest BCUT2D eigenvalue weighted by molar-refractivity contribution is 0.0720. The Morgan fingerprint density at radius 1 is 1.10 bits per heavy atom. The van der Waals surface area contributed by atoms with E-state index in [-0.39, 0.29) is 18.0 Å². The molecule has 2 nitrogen and oxygen atoms in total. The van der Waals surface area contributed by atoms with Crippen LogP contribution < -0.4 is 5.32 Å². The van der Waals surface area contributed by atoms with Crippen LogP contribution in [0.3, 0.4) is 0 Å². The lowest BCUT2D eigenvalue weighted by Gasteiger charge is -2.35. The largest absolute Gasteiger partial charge is 0.314 e. The normalized spacial score (nSPS) is 17.6. The standard InChI is InChI=1S/C13H15F5N2.ClH/c14-8-5-9(13(18)10(15)6-8)11(7-12(16)17)20-3-1-19-2-4-20;/h5-6,11-12,19H,1-4,7H2;1H/t11-;/m0./s1. The van der Waals surface area contributed by atoms with Crippen molar-refractivity contribution in [2.75, 3.05) is 26.2 Å². The number of alkyl halides is 2. The van der Waals surface area contributed by atoms with Crippen molar-refractivity contribution in [1.29, 1.82) is 0 Å². The summed E-state index contributed by atoms with van der Waals surface area (Å²) >= 11 is 0. The summed E-state index contributed by atoms with van der Waals surface area (Å²) in [4.78, 5) is 1.62. The van der Waals surface area contributed by atoms with E-state index in [1.807, 2.05) is 0 Å².